The maximum atomic E-state index is 11.4. The predicted octanol–water partition coefficient (Wildman–Crippen LogP) is 5.86. The Morgan fingerprint density at radius 2 is 1.31 bits per heavy atom. The smallest absolute Gasteiger partial charge is 0.316 e. The van der Waals surface area contributed by atoms with Crippen molar-refractivity contribution < 1.29 is 19.4 Å². The first-order valence-corrected chi connectivity index (χ1v) is 10.6. The van der Waals surface area contributed by atoms with Crippen molar-refractivity contribution in [2.24, 2.45) is 0 Å². The highest BCUT2D eigenvalue weighted by Gasteiger charge is 2.12. The molecular weight excluding hydrogens is 328 g/mol. The molecule has 0 aromatic rings. The number of carbonyl (C=O) groups is 2. The van der Waals surface area contributed by atoms with E-state index in [4.69, 9.17) is 5.11 Å². The molecule has 1 unspecified atom stereocenters. The van der Waals surface area contributed by atoms with E-state index < -0.39 is 18.0 Å². The van der Waals surface area contributed by atoms with Gasteiger partial charge in [0, 0.05) is 6.42 Å². The van der Waals surface area contributed by atoms with E-state index in [2.05, 4.69) is 23.8 Å². The van der Waals surface area contributed by atoms with Crippen LogP contribution < -0.4 is 0 Å². The van der Waals surface area contributed by atoms with Gasteiger partial charge in [-0.05, 0) is 39.0 Å². The van der Waals surface area contributed by atoms with E-state index in [9.17, 15) is 9.59 Å². The van der Waals surface area contributed by atoms with Gasteiger partial charge in [-0.1, -0.05) is 70.4 Å². The standard InChI is InChI=1S/C22H40O4/c1-3-4-5-6-7-8-9-10-11-12-13-14-15-16-17-18-21(24)26-22(25)19-20(2)23/h10-11,20,23H,3-9,12-19H2,1-2H3/b11-10-. The van der Waals surface area contributed by atoms with Crippen molar-refractivity contribution in [1.82, 2.24) is 0 Å². The van der Waals surface area contributed by atoms with Crippen LogP contribution in [-0.4, -0.2) is 23.1 Å². The minimum atomic E-state index is -0.768. The normalized spacial score (nSPS) is 12.4. The van der Waals surface area contributed by atoms with Crippen LogP contribution in [0.3, 0.4) is 0 Å². The van der Waals surface area contributed by atoms with Gasteiger partial charge >= 0.3 is 11.9 Å². The molecule has 0 aliphatic rings. The van der Waals surface area contributed by atoms with E-state index in [1.165, 1.54) is 64.7 Å². The molecule has 26 heavy (non-hydrogen) atoms. The average Bonchev–Trinajstić information content (AvgIpc) is 2.57. The number of carbonyl (C=O) groups excluding carboxylic acids is 2. The molecule has 0 aliphatic carbocycles. The van der Waals surface area contributed by atoms with Crippen molar-refractivity contribution in [3.63, 3.8) is 0 Å². The van der Waals surface area contributed by atoms with Gasteiger partial charge in [-0.3, -0.25) is 9.59 Å². The van der Waals surface area contributed by atoms with Crippen LogP contribution in [0.15, 0.2) is 12.2 Å². The van der Waals surface area contributed by atoms with Crippen molar-refractivity contribution >= 4 is 11.9 Å². The van der Waals surface area contributed by atoms with E-state index in [0.717, 1.165) is 25.7 Å². The number of allylic oxidation sites excluding steroid dienone is 2. The molecule has 4 heteroatoms. The molecular formula is C22H40O4. The summed E-state index contributed by atoms with van der Waals surface area (Å²) >= 11 is 0. The van der Waals surface area contributed by atoms with Crippen molar-refractivity contribution in [1.29, 1.82) is 0 Å². The van der Waals surface area contributed by atoms with Gasteiger partial charge in [0.2, 0.25) is 0 Å². The van der Waals surface area contributed by atoms with Crippen LogP contribution in [0.25, 0.3) is 0 Å². The highest BCUT2D eigenvalue weighted by atomic mass is 16.6. The van der Waals surface area contributed by atoms with Crippen molar-refractivity contribution in [2.75, 3.05) is 0 Å². The van der Waals surface area contributed by atoms with Crippen LogP contribution in [0, 0.1) is 0 Å². The number of hydrogen-bond acceptors (Lipinski definition) is 4. The quantitative estimate of drug-likeness (QED) is 0.151. The zero-order valence-electron chi connectivity index (χ0n) is 17.0. The Morgan fingerprint density at radius 1 is 0.808 bits per heavy atom. The van der Waals surface area contributed by atoms with Gasteiger partial charge in [0.15, 0.2) is 0 Å². The van der Waals surface area contributed by atoms with Gasteiger partial charge in [0.05, 0.1) is 12.5 Å². The minimum Gasteiger partial charge on any atom is -0.393 e. The van der Waals surface area contributed by atoms with Crippen molar-refractivity contribution in [3.05, 3.63) is 12.2 Å². The van der Waals surface area contributed by atoms with Crippen LogP contribution in [0.1, 0.15) is 110 Å². The van der Waals surface area contributed by atoms with Crippen LogP contribution in [0.4, 0.5) is 0 Å². The Bertz CT molecular complexity index is 374. The highest BCUT2D eigenvalue weighted by Crippen LogP contribution is 2.10. The highest BCUT2D eigenvalue weighted by molar-refractivity contribution is 5.85. The fraction of sp³-hybridized carbons (Fsp3) is 0.818. The number of rotatable bonds is 17. The third-order valence-electron chi connectivity index (χ3n) is 4.33. The maximum Gasteiger partial charge on any atom is 0.316 e. The number of aliphatic hydroxyl groups excluding tert-OH is 1. The summed E-state index contributed by atoms with van der Waals surface area (Å²) in [7, 11) is 0. The number of ether oxygens (including phenoxy) is 1. The average molecular weight is 369 g/mol. The number of unbranched alkanes of at least 4 members (excludes halogenated alkanes) is 11. The van der Waals surface area contributed by atoms with Gasteiger partial charge in [0.25, 0.3) is 0 Å². The molecule has 1 atom stereocenters. The van der Waals surface area contributed by atoms with Crippen molar-refractivity contribution in [2.45, 2.75) is 116 Å². The Kier molecular flexibility index (Phi) is 17.8. The second-order valence-corrected chi connectivity index (χ2v) is 7.23. The fourth-order valence-electron chi connectivity index (χ4n) is 2.80. The van der Waals surface area contributed by atoms with E-state index in [1.807, 2.05) is 0 Å². The Morgan fingerprint density at radius 3 is 1.85 bits per heavy atom. The molecule has 0 aromatic carbocycles. The summed E-state index contributed by atoms with van der Waals surface area (Å²) < 4.78 is 4.63. The van der Waals surface area contributed by atoms with Crippen molar-refractivity contribution in [3.8, 4) is 0 Å². The summed E-state index contributed by atoms with van der Waals surface area (Å²) in [6, 6.07) is 0. The molecule has 0 saturated carbocycles. The molecule has 0 aromatic heterocycles. The van der Waals surface area contributed by atoms with Crippen LogP contribution in [0.2, 0.25) is 0 Å². The minimum absolute atomic E-state index is 0.127. The van der Waals surface area contributed by atoms with E-state index in [1.54, 1.807) is 0 Å². The molecule has 0 radical (unpaired) electrons. The first-order chi connectivity index (χ1) is 12.6. The summed E-state index contributed by atoms with van der Waals surface area (Å²) in [5.41, 5.74) is 0. The monoisotopic (exact) mass is 368 g/mol. The topological polar surface area (TPSA) is 63.6 Å². The molecule has 4 nitrogen and oxygen atoms in total. The fourth-order valence-corrected chi connectivity index (χ4v) is 2.80. The molecule has 0 fully saturated rings. The lowest BCUT2D eigenvalue weighted by molar-refractivity contribution is -0.160. The van der Waals surface area contributed by atoms with E-state index >= 15 is 0 Å². The first-order valence-electron chi connectivity index (χ1n) is 10.6. The molecule has 0 heterocycles. The molecule has 0 spiro atoms. The van der Waals surface area contributed by atoms with E-state index in [-0.39, 0.29) is 12.8 Å². The Balaban J connectivity index is 3.31. The zero-order valence-corrected chi connectivity index (χ0v) is 17.0. The largest absolute Gasteiger partial charge is 0.393 e. The first kappa shape index (κ1) is 24.8. The number of esters is 2. The summed E-state index contributed by atoms with van der Waals surface area (Å²) in [5.74, 6) is -1.12. The zero-order chi connectivity index (χ0) is 19.5. The van der Waals surface area contributed by atoms with Crippen LogP contribution >= 0.6 is 0 Å². The SMILES string of the molecule is CCCCCCCC/C=C\CCCCCCCC(=O)OC(=O)CC(C)O. The second kappa shape index (κ2) is 18.6. The van der Waals surface area contributed by atoms with Gasteiger partial charge in [0.1, 0.15) is 0 Å². The van der Waals surface area contributed by atoms with Gasteiger partial charge in [-0.2, -0.15) is 0 Å². The molecule has 0 amide bonds. The molecule has 0 bridgehead atoms. The summed E-state index contributed by atoms with van der Waals surface area (Å²) in [6.07, 6.45) is 19.7. The third kappa shape index (κ3) is 19.2. The summed E-state index contributed by atoms with van der Waals surface area (Å²) in [5, 5.41) is 9.04. The third-order valence-corrected chi connectivity index (χ3v) is 4.33. The molecule has 0 rings (SSSR count). The predicted molar refractivity (Wildman–Crippen MR) is 107 cm³/mol. The lowest BCUT2D eigenvalue weighted by Gasteiger charge is -2.04. The van der Waals surface area contributed by atoms with Gasteiger partial charge in [-0.15, -0.1) is 0 Å². The maximum absolute atomic E-state index is 11.4. The lowest BCUT2D eigenvalue weighted by atomic mass is 10.1. The number of hydrogen-bond donors (Lipinski definition) is 1. The van der Waals surface area contributed by atoms with Gasteiger partial charge in [-0.25, -0.2) is 0 Å². The molecule has 152 valence electrons. The van der Waals surface area contributed by atoms with Crippen LogP contribution in [-0.2, 0) is 14.3 Å². The van der Waals surface area contributed by atoms with E-state index in [0.29, 0.717) is 0 Å². The Labute approximate surface area is 160 Å². The number of aliphatic hydroxyl groups is 1. The Hall–Kier alpha value is -1.16. The van der Waals surface area contributed by atoms with Crippen LogP contribution in [0.5, 0.6) is 0 Å². The molecule has 0 saturated heterocycles. The van der Waals surface area contributed by atoms with Gasteiger partial charge < -0.3 is 9.84 Å². The summed E-state index contributed by atoms with van der Waals surface area (Å²) in [4.78, 5) is 22.6. The lowest BCUT2D eigenvalue weighted by Crippen LogP contribution is -2.16. The molecule has 1 N–H and O–H groups in total. The molecule has 0 aliphatic heterocycles. The summed E-state index contributed by atoms with van der Waals surface area (Å²) in [6.45, 7) is 3.75. The second-order valence-electron chi connectivity index (χ2n) is 7.23.